The highest BCUT2D eigenvalue weighted by Gasteiger charge is 2.09. The molecule has 0 aliphatic rings. The van der Waals surface area contributed by atoms with Gasteiger partial charge in [-0.3, -0.25) is 4.79 Å². The summed E-state index contributed by atoms with van der Waals surface area (Å²) in [5.41, 5.74) is 0.422. The Morgan fingerprint density at radius 3 is 2.76 bits per heavy atom. The minimum Gasteiger partial charge on any atom is -0.384 e. The van der Waals surface area contributed by atoms with E-state index in [-0.39, 0.29) is 29.7 Å². The average molecular weight is 235 g/mol. The summed E-state index contributed by atoms with van der Waals surface area (Å²) >= 11 is 0. The predicted octanol–water partition coefficient (Wildman–Crippen LogP) is 1.31. The van der Waals surface area contributed by atoms with E-state index in [4.69, 9.17) is 5.11 Å². The van der Waals surface area contributed by atoms with Gasteiger partial charge in [-0.15, -0.1) is 0 Å². The molecule has 1 amide bonds. The molecular weight excluding hydrogens is 221 g/mol. The minimum atomic E-state index is -0.567. The molecule has 0 saturated carbocycles. The lowest BCUT2D eigenvalue weighted by Crippen LogP contribution is -2.30. The lowest BCUT2D eigenvalue weighted by Gasteiger charge is -2.08. The summed E-state index contributed by atoms with van der Waals surface area (Å²) in [6.07, 6.45) is 0. The molecule has 3 nitrogen and oxygen atoms in total. The smallest absolute Gasteiger partial charge is 0.251 e. The van der Waals surface area contributed by atoms with Crippen molar-refractivity contribution in [3.63, 3.8) is 0 Å². The summed E-state index contributed by atoms with van der Waals surface area (Å²) in [5.74, 6) is 3.93. The van der Waals surface area contributed by atoms with Gasteiger partial charge in [0, 0.05) is 11.6 Å². The molecule has 4 heteroatoms. The molecule has 0 aliphatic heterocycles. The number of rotatable bonds is 2. The van der Waals surface area contributed by atoms with Crippen molar-refractivity contribution >= 4 is 5.91 Å². The second kappa shape index (κ2) is 6.02. The summed E-state index contributed by atoms with van der Waals surface area (Å²) in [6.45, 7) is 3.33. The van der Waals surface area contributed by atoms with Crippen LogP contribution in [-0.2, 0) is 0 Å². The number of aliphatic hydroxyl groups excluding tert-OH is 1. The van der Waals surface area contributed by atoms with Crippen LogP contribution < -0.4 is 5.32 Å². The number of amides is 1. The van der Waals surface area contributed by atoms with Crippen molar-refractivity contribution < 1.29 is 14.3 Å². The number of carbonyl (C=O) groups excluding carboxylic acids is 1. The molecule has 0 radical (unpaired) electrons. The number of nitrogens with one attached hydrogen (secondary N) is 1. The Bertz CT molecular complexity index is 472. The predicted molar refractivity (Wildman–Crippen MR) is 63.0 cm³/mol. The molecule has 0 aliphatic carbocycles. The van der Waals surface area contributed by atoms with Crippen LogP contribution in [-0.4, -0.2) is 23.7 Å². The van der Waals surface area contributed by atoms with E-state index in [1.807, 2.05) is 13.8 Å². The number of hydrogen-bond acceptors (Lipinski definition) is 2. The number of hydrogen-bond donors (Lipinski definition) is 2. The molecule has 0 fully saturated rings. The fraction of sp³-hybridized carbons (Fsp3) is 0.308. The molecule has 90 valence electrons. The molecule has 17 heavy (non-hydrogen) atoms. The quantitative estimate of drug-likeness (QED) is 0.759. The van der Waals surface area contributed by atoms with Gasteiger partial charge in [-0.25, -0.2) is 4.39 Å². The molecule has 1 rings (SSSR count). The van der Waals surface area contributed by atoms with Crippen molar-refractivity contribution in [3.05, 3.63) is 35.1 Å². The fourth-order valence-electron chi connectivity index (χ4n) is 1.24. The van der Waals surface area contributed by atoms with Gasteiger partial charge in [-0.2, -0.15) is 0 Å². The van der Waals surface area contributed by atoms with E-state index >= 15 is 0 Å². The van der Waals surface area contributed by atoms with Crippen molar-refractivity contribution in [1.82, 2.24) is 5.32 Å². The maximum atomic E-state index is 13.5. The normalized spacial score (nSPS) is 9.71. The first-order valence-electron chi connectivity index (χ1n) is 5.24. The Kier molecular flexibility index (Phi) is 4.68. The maximum Gasteiger partial charge on any atom is 0.251 e. The second-order valence-corrected chi connectivity index (χ2v) is 3.78. The Hall–Kier alpha value is -1.86. The van der Waals surface area contributed by atoms with Crippen LogP contribution in [0.15, 0.2) is 18.2 Å². The molecule has 0 heterocycles. The number of benzene rings is 1. The standard InChI is InChI=1S/C13H14FNO2/c1-9(2)15-13(17)11-6-5-10(4-3-7-16)12(14)8-11/h5-6,8-9,16H,7H2,1-2H3,(H,15,17). The third kappa shape index (κ3) is 3.89. The number of aliphatic hydroxyl groups is 1. The highest BCUT2D eigenvalue weighted by molar-refractivity contribution is 5.94. The lowest BCUT2D eigenvalue weighted by molar-refractivity contribution is 0.0942. The van der Waals surface area contributed by atoms with Crippen molar-refractivity contribution in [2.75, 3.05) is 6.61 Å². The van der Waals surface area contributed by atoms with E-state index in [1.165, 1.54) is 12.1 Å². The van der Waals surface area contributed by atoms with Gasteiger partial charge in [0.1, 0.15) is 12.4 Å². The van der Waals surface area contributed by atoms with Crippen molar-refractivity contribution in [1.29, 1.82) is 0 Å². The van der Waals surface area contributed by atoms with Crippen LogP contribution >= 0.6 is 0 Å². The highest BCUT2D eigenvalue weighted by atomic mass is 19.1. The first-order valence-corrected chi connectivity index (χ1v) is 5.24. The van der Waals surface area contributed by atoms with Crippen LogP contribution in [0.5, 0.6) is 0 Å². The lowest BCUT2D eigenvalue weighted by atomic mass is 10.1. The summed E-state index contributed by atoms with van der Waals surface area (Å²) in [6, 6.07) is 4.06. The zero-order valence-corrected chi connectivity index (χ0v) is 9.75. The summed E-state index contributed by atoms with van der Waals surface area (Å²) < 4.78 is 13.5. The van der Waals surface area contributed by atoms with Crippen molar-refractivity contribution in [2.45, 2.75) is 19.9 Å². The Labute approximate surface area is 99.7 Å². The zero-order valence-electron chi connectivity index (χ0n) is 9.75. The van der Waals surface area contributed by atoms with E-state index in [2.05, 4.69) is 17.2 Å². The first-order chi connectivity index (χ1) is 8.04. The molecule has 0 aromatic heterocycles. The Balaban J connectivity index is 2.92. The van der Waals surface area contributed by atoms with Gasteiger partial charge in [0.2, 0.25) is 0 Å². The molecule has 0 bridgehead atoms. The average Bonchev–Trinajstić information content (AvgIpc) is 2.26. The molecule has 0 atom stereocenters. The molecule has 1 aromatic rings. The summed E-state index contributed by atoms with van der Waals surface area (Å²) in [5, 5.41) is 11.2. The number of halogens is 1. The third-order valence-electron chi connectivity index (χ3n) is 1.95. The Morgan fingerprint density at radius 2 is 2.24 bits per heavy atom. The van der Waals surface area contributed by atoms with Crippen LogP contribution in [0.3, 0.4) is 0 Å². The van der Waals surface area contributed by atoms with E-state index < -0.39 is 5.82 Å². The molecule has 0 saturated heterocycles. The minimum absolute atomic E-state index is 0.000539. The number of carbonyl (C=O) groups is 1. The fourth-order valence-corrected chi connectivity index (χ4v) is 1.24. The Morgan fingerprint density at radius 1 is 1.53 bits per heavy atom. The van der Waals surface area contributed by atoms with Crippen molar-refractivity contribution in [3.8, 4) is 11.8 Å². The summed E-state index contributed by atoms with van der Waals surface area (Å²) in [7, 11) is 0. The van der Waals surface area contributed by atoms with E-state index in [0.29, 0.717) is 0 Å². The van der Waals surface area contributed by atoms with Crippen LogP contribution in [0.25, 0.3) is 0 Å². The monoisotopic (exact) mass is 235 g/mol. The van der Waals surface area contributed by atoms with E-state index in [1.54, 1.807) is 0 Å². The topological polar surface area (TPSA) is 49.3 Å². The SMILES string of the molecule is CC(C)NC(=O)c1ccc(C#CCO)c(F)c1. The van der Waals surface area contributed by atoms with Crippen LogP contribution in [0.1, 0.15) is 29.8 Å². The third-order valence-corrected chi connectivity index (χ3v) is 1.95. The highest BCUT2D eigenvalue weighted by Crippen LogP contribution is 2.09. The maximum absolute atomic E-state index is 13.5. The van der Waals surface area contributed by atoms with Gasteiger partial charge >= 0.3 is 0 Å². The van der Waals surface area contributed by atoms with Crippen LogP contribution in [0.4, 0.5) is 4.39 Å². The van der Waals surface area contributed by atoms with E-state index in [0.717, 1.165) is 6.07 Å². The van der Waals surface area contributed by atoms with Crippen LogP contribution in [0.2, 0.25) is 0 Å². The molecular formula is C13H14FNO2. The zero-order chi connectivity index (χ0) is 12.8. The van der Waals surface area contributed by atoms with Gasteiger partial charge < -0.3 is 10.4 Å². The van der Waals surface area contributed by atoms with Crippen LogP contribution in [0, 0.1) is 17.7 Å². The largest absolute Gasteiger partial charge is 0.384 e. The van der Waals surface area contributed by atoms with Gasteiger partial charge in [-0.05, 0) is 32.0 Å². The second-order valence-electron chi connectivity index (χ2n) is 3.78. The van der Waals surface area contributed by atoms with Gasteiger partial charge in [0.05, 0.1) is 5.56 Å². The molecule has 0 spiro atoms. The molecule has 2 N–H and O–H groups in total. The summed E-state index contributed by atoms with van der Waals surface area (Å²) in [4.78, 5) is 11.6. The van der Waals surface area contributed by atoms with Gasteiger partial charge in [0.15, 0.2) is 0 Å². The van der Waals surface area contributed by atoms with Gasteiger partial charge in [-0.1, -0.05) is 11.8 Å². The van der Waals surface area contributed by atoms with Crippen molar-refractivity contribution in [2.24, 2.45) is 0 Å². The van der Waals surface area contributed by atoms with E-state index in [9.17, 15) is 9.18 Å². The first kappa shape index (κ1) is 13.2. The molecule has 0 unspecified atom stereocenters. The van der Waals surface area contributed by atoms with Gasteiger partial charge in [0.25, 0.3) is 5.91 Å². The molecule has 1 aromatic carbocycles.